The molecule has 0 bridgehead atoms. The highest BCUT2D eigenvalue weighted by molar-refractivity contribution is 7.99. The molecule has 0 spiro atoms. The molecule has 1 aromatic rings. The minimum absolute atomic E-state index is 0.305. The first kappa shape index (κ1) is 13.6. The third-order valence-electron chi connectivity index (χ3n) is 2.73. The van der Waals surface area contributed by atoms with E-state index >= 15 is 0 Å². The van der Waals surface area contributed by atoms with Gasteiger partial charge in [0, 0.05) is 30.3 Å². The summed E-state index contributed by atoms with van der Waals surface area (Å²) < 4.78 is 1.84. The first-order chi connectivity index (χ1) is 7.61. The molecular weight excluding hydrogens is 218 g/mol. The molecule has 0 aliphatic heterocycles. The number of hydrogen-bond donors (Lipinski definition) is 1. The largest absolute Gasteiger partial charge is 0.327 e. The van der Waals surface area contributed by atoms with Crippen LogP contribution in [0, 0.1) is 0 Å². The molecule has 0 aliphatic carbocycles. The molecule has 16 heavy (non-hydrogen) atoms. The minimum atomic E-state index is 0.305. The number of thioether (sulfide) groups is 1. The summed E-state index contributed by atoms with van der Waals surface area (Å²) in [6.45, 7) is 4.48. The zero-order valence-electron chi connectivity index (χ0n) is 10.5. The Labute approximate surface area is 103 Å². The topological polar surface area (TPSA) is 43.8 Å². The van der Waals surface area contributed by atoms with E-state index in [-0.39, 0.29) is 0 Å². The van der Waals surface area contributed by atoms with Crippen LogP contribution >= 0.6 is 11.8 Å². The highest BCUT2D eigenvalue weighted by atomic mass is 32.2. The first-order valence-corrected chi connectivity index (χ1v) is 7.01. The summed E-state index contributed by atoms with van der Waals surface area (Å²) in [5.41, 5.74) is 7.37. The Kier molecular flexibility index (Phi) is 5.91. The standard InChI is InChI=1S/C12H23N3S/c1-4-10(2)16-9-12(13)6-5-11-7-14-15(3)8-11/h7-8,10,12H,4-6,9,13H2,1-3H3. The highest BCUT2D eigenvalue weighted by Crippen LogP contribution is 2.15. The number of aryl methyl sites for hydroxylation is 2. The molecule has 0 fully saturated rings. The average molecular weight is 241 g/mol. The van der Waals surface area contributed by atoms with Crippen molar-refractivity contribution in [3.63, 3.8) is 0 Å². The zero-order valence-corrected chi connectivity index (χ0v) is 11.3. The van der Waals surface area contributed by atoms with Gasteiger partial charge < -0.3 is 5.73 Å². The van der Waals surface area contributed by atoms with Gasteiger partial charge in [0.05, 0.1) is 6.20 Å². The Morgan fingerprint density at radius 2 is 2.31 bits per heavy atom. The Bertz CT molecular complexity index is 298. The minimum Gasteiger partial charge on any atom is -0.327 e. The van der Waals surface area contributed by atoms with Gasteiger partial charge in [-0.1, -0.05) is 13.8 Å². The van der Waals surface area contributed by atoms with Gasteiger partial charge in [-0.05, 0) is 24.8 Å². The summed E-state index contributed by atoms with van der Waals surface area (Å²) in [5.74, 6) is 1.06. The first-order valence-electron chi connectivity index (χ1n) is 5.96. The molecule has 2 unspecified atom stereocenters. The predicted molar refractivity (Wildman–Crippen MR) is 71.7 cm³/mol. The Balaban J connectivity index is 2.17. The average Bonchev–Trinajstić information content (AvgIpc) is 2.69. The number of nitrogens with two attached hydrogens (primary N) is 1. The highest BCUT2D eigenvalue weighted by Gasteiger charge is 2.07. The van der Waals surface area contributed by atoms with Gasteiger partial charge in [0.15, 0.2) is 0 Å². The van der Waals surface area contributed by atoms with Crippen LogP contribution in [0.1, 0.15) is 32.3 Å². The van der Waals surface area contributed by atoms with Crippen LogP contribution < -0.4 is 5.73 Å². The van der Waals surface area contributed by atoms with E-state index in [2.05, 4.69) is 25.1 Å². The van der Waals surface area contributed by atoms with E-state index in [4.69, 9.17) is 5.73 Å². The molecule has 2 N–H and O–H groups in total. The van der Waals surface area contributed by atoms with Crippen LogP contribution in [0.25, 0.3) is 0 Å². The Hall–Kier alpha value is -0.480. The third kappa shape index (κ3) is 5.03. The molecule has 1 aromatic heterocycles. The molecule has 0 amide bonds. The van der Waals surface area contributed by atoms with Crippen molar-refractivity contribution in [3.05, 3.63) is 18.0 Å². The van der Waals surface area contributed by atoms with Crippen LogP contribution in [0.4, 0.5) is 0 Å². The molecule has 0 saturated carbocycles. The second-order valence-corrected chi connectivity index (χ2v) is 5.84. The van der Waals surface area contributed by atoms with Crippen molar-refractivity contribution < 1.29 is 0 Å². The van der Waals surface area contributed by atoms with Gasteiger partial charge >= 0.3 is 0 Å². The van der Waals surface area contributed by atoms with E-state index < -0.39 is 0 Å². The van der Waals surface area contributed by atoms with E-state index in [0.29, 0.717) is 6.04 Å². The zero-order chi connectivity index (χ0) is 12.0. The molecule has 2 atom stereocenters. The summed E-state index contributed by atoms with van der Waals surface area (Å²) in [6.07, 6.45) is 7.30. The molecule has 0 aliphatic rings. The molecule has 1 rings (SSSR count). The van der Waals surface area contributed by atoms with E-state index in [0.717, 1.165) is 23.8 Å². The third-order valence-corrected chi connectivity index (χ3v) is 4.25. The van der Waals surface area contributed by atoms with Crippen LogP contribution in [0.3, 0.4) is 0 Å². The van der Waals surface area contributed by atoms with Crippen LogP contribution in [0.5, 0.6) is 0 Å². The molecular formula is C12H23N3S. The monoisotopic (exact) mass is 241 g/mol. The summed E-state index contributed by atoms with van der Waals surface area (Å²) in [5, 5.41) is 4.88. The van der Waals surface area contributed by atoms with Crippen molar-refractivity contribution >= 4 is 11.8 Å². The van der Waals surface area contributed by atoms with Gasteiger partial charge in [0.1, 0.15) is 0 Å². The fourth-order valence-corrected chi connectivity index (χ4v) is 2.42. The number of aromatic nitrogens is 2. The van der Waals surface area contributed by atoms with Gasteiger partial charge in [-0.3, -0.25) is 4.68 Å². The Morgan fingerprint density at radius 1 is 1.56 bits per heavy atom. The number of hydrogen-bond acceptors (Lipinski definition) is 3. The lowest BCUT2D eigenvalue weighted by atomic mass is 10.1. The van der Waals surface area contributed by atoms with Gasteiger partial charge in [0.2, 0.25) is 0 Å². The summed E-state index contributed by atoms with van der Waals surface area (Å²) in [6, 6.07) is 0.305. The smallest absolute Gasteiger partial charge is 0.0521 e. The fourth-order valence-electron chi connectivity index (χ4n) is 1.44. The maximum absolute atomic E-state index is 6.08. The van der Waals surface area contributed by atoms with Gasteiger partial charge in [0.25, 0.3) is 0 Å². The second kappa shape index (κ2) is 6.97. The summed E-state index contributed by atoms with van der Waals surface area (Å²) in [7, 11) is 1.95. The second-order valence-electron chi connectivity index (χ2n) is 4.37. The molecule has 3 nitrogen and oxygen atoms in total. The van der Waals surface area contributed by atoms with Crippen molar-refractivity contribution in [3.8, 4) is 0 Å². The Morgan fingerprint density at radius 3 is 2.88 bits per heavy atom. The maximum Gasteiger partial charge on any atom is 0.0521 e. The molecule has 92 valence electrons. The van der Waals surface area contributed by atoms with Crippen molar-refractivity contribution in [2.24, 2.45) is 12.8 Å². The van der Waals surface area contributed by atoms with E-state index in [1.165, 1.54) is 12.0 Å². The van der Waals surface area contributed by atoms with Crippen molar-refractivity contribution in [1.82, 2.24) is 9.78 Å². The lowest BCUT2D eigenvalue weighted by molar-refractivity contribution is 0.672. The quantitative estimate of drug-likeness (QED) is 0.796. The van der Waals surface area contributed by atoms with Crippen molar-refractivity contribution in [2.45, 2.75) is 44.4 Å². The molecule has 0 saturated heterocycles. The van der Waals surface area contributed by atoms with Crippen LogP contribution in [-0.2, 0) is 13.5 Å². The van der Waals surface area contributed by atoms with Crippen molar-refractivity contribution in [1.29, 1.82) is 0 Å². The van der Waals surface area contributed by atoms with Crippen LogP contribution in [-0.4, -0.2) is 26.8 Å². The fraction of sp³-hybridized carbons (Fsp3) is 0.750. The van der Waals surface area contributed by atoms with E-state index in [9.17, 15) is 0 Å². The van der Waals surface area contributed by atoms with Gasteiger partial charge in [-0.2, -0.15) is 16.9 Å². The van der Waals surface area contributed by atoms with Crippen LogP contribution in [0.2, 0.25) is 0 Å². The van der Waals surface area contributed by atoms with Gasteiger partial charge in [-0.25, -0.2) is 0 Å². The van der Waals surface area contributed by atoms with Crippen molar-refractivity contribution in [2.75, 3.05) is 5.75 Å². The SMILES string of the molecule is CCC(C)SCC(N)CCc1cnn(C)c1. The van der Waals surface area contributed by atoms with Crippen LogP contribution in [0.15, 0.2) is 12.4 Å². The van der Waals surface area contributed by atoms with E-state index in [1.807, 2.05) is 29.7 Å². The summed E-state index contributed by atoms with van der Waals surface area (Å²) >= 11 is 1.98. The van der Waals surface area contributed by atoms with Gasteiger partial charge in [-0.15, -0.1) is 0 Å². The predicted octanol–water partition coefficient (Wildman–Crippen LogP) is 2.21. The molecule has 0 radical (unpaired) electrons. The van der Waals surface area contributed by atoms with E-state index in [1.54, 1.807) is 0 Å². The molecule has 1 heterocycles. The maximum atomic E-state index is 6.08. The lowest BCUT2D eigenvalue weighted by Gasteiger charge is -2.13. The molecule has 4 heteroatoms. The number of rotatable bonds is 7. The summed E-state index contributed by atoms with van der Waals surface area (Å²) in [4.78, 5) is 0. The number of nitrogens with zero attached hydrogens (tertiary/aromatic N) is 2. The molecule has 0 aromatic carbocycles. The normalized spacial score (nSPS) is 15.0. The lowest BCUT2D eigenvalue weighted by Crippen LogP contribution is -2.24.